The molecule has 2 rings (SSSR count). The van der Waals surface area contributed by atoms with E-state index < -0.39 is 0 Å². The predicted molar refractivity (Wildman–Crippen MR) is 59.8 cm³/mol. The zero-order valence-corrected chi connectivity index (χ0v) is 10.4. The molecule has 1 aliphatic carbocycles. The number of rotatable bonds is 3. The molecule has 1 saturated heterocycles. The lowest BCUT2D eigenvalue weighted by molar-refractivity contribution is 0.00578. The Balaban J connectivity index is 1.94. The largest absolute Gasteiger partial charge is 0.461 e. The Bertz CT molecular complexity index is 236. The van der Waals surface area contributed by atoms with Crippen molar-refractivity contribution >= 4 is 7.12 Å². The fourth-order valence-electron chi connectivity index (χ4n) is 2.07. The Hall–Kier alpha value is -0.0551. The Kier molecular flexibility index (Phi) is 2.65. The molecular weight excluding hydrogens is 191 g/mol. The molecule has 0 spiro atoms. The smallest absolute Gasteiger partial charge is 0.403 e. The van der Waals surface area contributed by atoms with Crippen molar-refractivity contribution in [2.75, 3.05) is 13.7 Å². The Morgan fingerprint density at radius 2 is 1.73 bits per heavy atom. The van der Waals surface area contributed by atoms with Crippen LogP contribution in [0, 0.1) is 5.92 Å². The first-order valence-corrected chi connectivity index (χ1v) is 5.72. The molecule has 0 amide bonds. The summed E-state index contributed by atoms with van der Waals surface area (Å²) in [5, 5.41) is 0. The van der Waals surface area contributed by atoms with Gasteiger partial charge in [0.15, 0.2) is 0 Å². The Labute approximate surface area is 92.6 Å². The van der Waals surface area contributed by atoms with Crippen LogP contribution in [0.2, 0.25) is 5.82 Å². The van der Waals surface area contributed by atoms with Crippen molar-refractivity contribution in [2.24, 2.45) is 5.92 Å². The van der Waals surface area contributed by atoms with Gasteiger partial charge in [-0.25, -0.2) is 0 Å². The Morgan fingerprint density at radius 3 is 2.20 bits per heavy atom. The molecule has 0 N–H and O–H groups in total. The third-order valence-corrected chi connectivity index (χ3v) is 3.98. The molecule has 1 aliphatic heterocycles. The fourth-order valence-corrected chi connectivity index (χ4v) is 2.07. The lowest BCUT2D eigenvalue weighted by atomic mass is 9.81. The van der Waals surface area contributed by atoms with Crippen molar-refractivity contribution in [1.82, 2.24) is 0 Å². The standard InChI is InChI=1S/C11H21BO3/c1-10(2)11(3,4)15-12(14-10)9-6-8(9)7-13-5/h8-9H,6-7H2,1-5H3/t8-,9+/m0/s1. The van der Waals surface area contributed by atoms with E-state index in [4.69, 9.17) is 14.0 Å². The molecule has 4 heteroatoms. The quantitative estimate of drug-likeness (QED) is 0.670. The Morgan fingerprint density at radius 1 is 1.20 bits per heavy atom. The monoisotopic (exact) mass is 212 g/mol. The highest BCUT2D eigenvalue weighted by molar-refractivity contribution is 6.48. The van der Waals surface area contributed by atoms with Crippen LogP contribution in [-0.2, 0) is 14.0 Å². The van der Waals surface area contributed by atoms with E-state index in [0.29, 0.717) is 11.7 Å². The molecular formula is C11H21BO3. The molecule has 0 radical (unpaired) electrons. The van der Waals surface area contributed by atoms with E-state index in [1.807, 2.05) is 0 Å². The van der Waals surface area contributed by atoms with Gasteiger partial charge in [0, 0.05) is 13.7 Å². The zero-order valence-electron chi connectivity index (χ0n) is 10.4. The third-order valence-electron chi connectivity index (χ3n) is 3.98. The number of ether oxygens (including phenoxy) is 1. The second-order valence-corrected chi connectivity index (χ2v) is 5.74. The van der Waals surface area contributed by atoms with E-state index in [1.54, 1.807) is 7.11 Å². The van der Waals surface area contributed by atoms with Gasteiger partial charge in [-0.15, -0.1) is 0 Å². The second-order valence-electron chi connectivity index (χ2n) is 5.74. The minimum absolute atomic E-state index is 0.0323. The lowest BCUT2D eigenvalue weighted by Gasteiger charge is -2.32. The van der Waals surface area contributed by atoms with Crippen molar-refractivity contribution in [3.8, 4) is 0 Å². The summed E-state index contributed by atoms with van der Waals surface area (Å²) in [4.78, 5) is 0. The first kappa shape index (κ1) is 11.4. The normalized spacial score (nSPS) is 37.0. The summed E-state index contributed by atoms with van der Waals surface area (Å²) in [6.45, 7) is 9.22. The van der Waals surface area contributed by atoms with Crippen molar-refractivity contribution < 1.29 is 14.0 Å². The van der Waals surface area contributed by atoms with Gasteiger partial charge in [0.05, 0.1) is 11.2 Å². The predicted octanol–water partition coefficient (Wildman–Crippen LogP) is 2.12. The lowest BCUT2D eigenvalue weighted by Crippen LogP contribution is -2.41. The van der Waals surface area contributed by atoms with Crippen LogP contribution < -0.4 is 0 Å². The molecule has 0 bridgehead atoms. The summed E-state index contributed by atoms with van der Waals surface area (Å²) in [7, 11) is 1.72. The molecule has 1 heterocycles. The molecule has 2 fully saturated rings. The highest BCUT2D eigenvalue weighted by Crippen LogP contribution is 2.52. The van der Waals surface area contributed by atoms with Gasteiger partial charge in [-0.1, -0.05) is 0 Å². The van der Waals surface area contributed by atoms with Crippen LogP contribution in [0.1, 0.15) is 34.1 Å². The molecule has 0 aromatic rings. The van der Waals surface area contributed by atoms with Gasteiger partial charge < -0.3 is 14.0 Å². The van der Waals surface area contributed by atoms with Crippen LogP contribution in [0.4, 0.5) is 0 Å². The van der Waals surface area contributed by atoms with Crippen LogP contribution >= 0.6 is 0 Å². The van der Waals surface area contributed by atoms with E-state index in [2.05, 4.69) is 27.7 Å². The number of methoxy groups -OCH3 is 1. The average Bonchev–Trinajstić information content (AvgIpc) is 2.77. The molecule has 0 aromatic heterocycles. The number of hydrogen-bond donors (Lipinski definition) is 0. The first-order chi connectivity index (χ1) is 6.87. The van der Waals surface area contributed by atoms with Crippen molar-refractivity contribution in [1.29, 1.82) is 0 Å². The molecule has 0 aromatic carbocycles. The molecule has 15 heavy (non-hydrogen) atoms. The highest BCUT2D eigenvalue weighted by atomic mass is 16.7. The van der Waals surface area contributed by atoms with Gasteiger partial charge in [0.25, 0.3) is 0 Å². The van der Waals surface area contributed by atoms with Crippen LogP contribution in [-0.4, -0.2) is 32.0 Å². The first-order valence-electron chi connectivity index (χ1n) is 5.72. The summed E-state index contributed by atoms with van der Waals surface area (Å²) in [5.74, 6) is 1.16. The molecule has 1 saturated carbocycles. The molecule has 2 atom stereocenters. The van der Waals surface area contributed by atoms with Crippen molar-refractivity contribution in [3.05, 3.63) is 0 Å². The summed E-state index contributed by atoms with van der Waals surface area (Å²) in [6.07, 6.45) is 1.17. The van der Waals surface area contributed by atoms with E-state index in [-0.39, 0.29) is 18.3 Å². The fraction of sp³-hybridized carbons (Fsp3) is 1.00. The minimum atomic E-state index is -0.197. The maximum atomic E-state index is 5.99. The van der Waals surface area contributed by atoms with Gasteiger partial charge in [0.2, 0.25) is 0 Å². The molecule has 0 unspecified atom stereocenters. The van der Waals surface area contributed by atoms with E-state index >= 15 is 0 Å². The zero-order chi connectivity index (χ0) is 11.3. The minimum Gasteiger partial charge on any atom is -0.403 e. The highest BCUT2D eigenvalue weighted by Gasteiger charge is 2.59. The van der Waals surface area contributed by atoms with E-state index in [0.717, 1.165) is 6.61 Å². The molecule has 3 nitrogen and oxygen atoms in total. The van der Waals surface area contributed by atoms with Crippen LogP contribution in [0.15, 0.2) is 0 Å². The van der Waals surface area contributed by atoms with E-state index in [9.17, 15) is 0 Å². The maximum absolute atomic E-state index is 5.99. The number of hydrogen-bond acceptors (Lipinski definition) is 3. The molecule has 2 aliphatic rings. The summed E-state index contributed by atoms with van der Waals surface area (Å²) >= 11 is 0. The van der Waals surface area contributed by atoms with Crippen LogP contribution in [0.3, 0.4) is 0 Å². The van der Waals surface area contributed by atoms with Gasteiger partial charge in [0.1, 0.15) is 0 Å². The SMILES string of the molecule is COC[C@@H]1C[C@H]1B1OC(C)(C)C(C)(C)O1. The second kappa shape index (κ2) is 3.47. The van der Waals surface area contributed by atoms with Crippen molar-refractivity contribution in [2.45, 2.75) is 51.1 Å². The van der Waals surface area contributed by atoms with Gasteiger partial charge in [-0.05, 0) is 45.9 Å². The van der Waals surface area contributed by atoms with Gasteiger partial charge in [-0.2, -0.15) is 0 Å². The summed E-state index contributed by atoms with van der Waals surface area (Å²) in [6, 6.07) is 0. The average molecular weight is 212 g/mol. The topological polar surface area (TPSA) is 27.7 Å². The van der Waals surface area contributed by atoms with Crippen LogP contribution in [0.25, 0.3) is 0 Å². The maximum Gasteiger partial charge on any atom is 0.461 e. The van der Waals surface area contributed by atoms with Crippen LogP contribution in [0.5, 0.6) is 0 Å². The third kappa shape index (κ3) is 1.95. The van der Waals surface area contributed by atoms with Crippen molar-refractivity contribution in [3.63, 3.8) is 0 Å². The summed E-state index contributed by atoms with van der Waals surface area (Å²) < 4.78 is 17.1. The van der Waals surface area contributed by atoms with E-state index in [1.165, 1.54) is 6.42 Å². The van der Waals surface area contributed by atoms with Gasteiger partial charge >= 0.3 is 7.12 Å². The molecule has 86 valence electrons. The van der Waals surface area contributed by atoms with Gasteiger partial charge in [-0.3, -0.25) is 0 Å². The summed E-state index contributed by atoms with van der Waals surface area (Å²) in [5.41, 5.74) is -0.393.